The number of halogens is 1. The maximum absolute atomic E-state index is 13.2. The molecular weight excluding hydrogens is 362 g/mol. The van der Waals surface area contributed by atoms with Crippen LogP contribution in [0.5, 0.6) is 0 Å². The van der Waals surface area contributed by atoms with Crippen molar-refractivity contribution in [1.29, 1.82) is 0 Å². The second kappa shape index (κ2) is 6.86. The van der Waals surface area contributed by atoms with Gasteiger partial charge in [-0.3, -0.25) is 14.4 Å². The van der Waals surface area contributed by atoms with Crippen molar-refractivity contribution >= 4 is 23.2 Å². The molecule has 1 aliphatic carbocycles. The van der Waals surface area contributed by atoms with Crippen LogP contribution in [0.2, 0.25) is 5.02 Å². The van der Waals surface area contributed by atoms with E-state index in [-0.39, 0.29) is 17.6 Å². The van der Waals surface area contributed by atoms with Crippen LogP contribution in [-0.4, -0.2) is 35.8 Å². The van der Waals surface area contributed by atoms with Gasteiger partial charge in [-0.1, -0.05) is 42.8 Å². The summed E-state index contributed by atoms with van der Waals surface area (Å²) in [6.45, 7) is 3.97. The van der Waals surface area contributed by atoms with Gasteiger partial charge in [0.1, 0.15) is 12.0 Å². The van der Waals surface area contributed by atoms with Crippen LogP contribution in [-0.2, 0) is 20.8 Å². The van der Waals surface area contributed by atoms with Crippen molar-refractivity contribution in [3.8, 4) is 11.1 Å². The molecule has 1 saturated carbocycles. The van der Waals surface area contributed by atoms with E-state index in [1.54, 1.807) is 12.1 Å². The Labute approximate surface area is 164 Å². The molecule has 2 aromatic carbocycles. The van der Waals surface area contributed by atoms with Crippen LogP contribution in [0.15, 0.2) is 42.5 Å². The van der Waals surface area contributed by atoms with Crippen molar-refractivity contribution in [2.24, 2.45) is 5.92 Å². The zero-order chi connectivity index (χ0) is 19.3. The van der Waals surface area contributed by atoms with Gasteiger partial charge in [-0.2, -0.15) is 5.06 Å². The van der Waals surface area contributed by atoms with E-state index in [0.29, 0.717) is 5.02 Å². The van der Waals surface area contributed by atoms with Gasteiger partial charge in [-0.25, -0.2) is 0 Å². The number of hydroxylamine groups is 2. The number of nitrogens with zero attached hydrogens (tertiary/aromatic N) is 1. The standard InChI is InChI=1S/C22H22ClNO3/c1-4-13-5-6-15(14-7-9-16(23)10-8-14)11-17(13)19-20(25)18-12(2)24(3)27-22(18)21(19)26/h5-12,18-19,22H,4H2,1-3H3/t12?,18-,19?,22-/m1/s1. The Balaban J connectivity index is 1.77. The van der Waals surface area contributed by atoms with Crippen molar-refractivity contribution in [2.45, 2.75) is 38.3 Å². The normalized spacial score (nSPS) is 28.0. The SMILES string of the molecule is CCc1ccc(-c2ccc(Cl)cc2)cc1C1C(=O)[C@@H]2ON(C)C(C)[C@@H]2C1=O. The molecule has 4 nitrogen and oxygen atoms in total. The summed E-state index contributed by atoms with van der Waals surface area (Å²) in [5, 5.41) is 2.31. The molecule has 4 atom stereocenters. The van der Waals surface area contributed by atoms with E-state index in [9.17, 15) is 9.59 Å². The second-order valence-corrected chi connectivity index (χ2v) is 7.79. The number of hydrogen-bond acceptors (Lipinski definition) is 4. The maximum atomic E-state index is 13.2. The zero-order valence-electron chi connectivity index (χ0n) is 15.6. The molecule has 2 aromatic rings. The highest BCUT2D eigenvalue weighted by atomic mass is 35.5. The molecular formula is C22H22ClNO3. The molecule has 0 amide bonds. The molecule has 0 spiro atoms. The smallest absolute Gasteiger partial charge is 0.179 e. The maximum Gasteiger partial charge on any atom is 0.179 e. The first-order valence-electron chi connectivity index (χ1n) is 9.28. The Morgan fingerprint density at radius 1 is 1.04 bits per heavy atom. The summed E-state index contributed by atoms with van der Waals surface area (Å²) in [7, 11) is 1.77. The van der Waals surface area contributed by atoms with Gasteiger partial charge in [-0.05, 0) is 53.8 Å². The van der Waals surface area contributed by atoms with E-state index < -0.39 is 17.9 Å². The highest BCUT2D eigenvalue weighted by Gasteiger charge is 2.58. The minimum atomic E-state index is -0.738. The fourth-order valence-corrected chi connectivity index (χ4v) is 4.37. The van der Waals surface area contributed by atoms with Crippen molar-refractivity contribution in [1.82, 2.24) is 5.06 Å². The third-order valence-electron chi connectivity index (χ3n) is 5.89. The van der Waals surface area contributed by atoms with Crippen LogP contribution < -0.4 is 0 Å². The lowest BCUT2D eigenvalue weighted by Gasteiger charge is -2.20. The molecule has 5 heteroatoms. The fourth-order valence-electron chi connectivity index (χ4n) is 4.25. The molecule has 4 rings (SSSR count). The van der Waals surface area contributed by atoms with E-state index in [1.807, 2.05) is 56.3 Å². The molecule has 140 valence electrons. The molecule has 2 unspecified atom stereocenters. The predicted octanol–water partition coefficient (Wildman–Crippen LogP) is 4.06. The zero-order valence-corrected chi connectivity index (χ0v) is 16.4. The van der Waals surface area contributed by atoms with Crippen LogP contribution in [0.25, 0.3) is 11.1 Å². The van der Waals surface area contributed by atoms with Crippen LogP contribution in [0.3, 0.4) is 0 Å². The van der Waals surface area contributed by atoms with Crippen LogP contribution in [0.1, 0.15) is 30.9 Å². The van der Waals surface area contributed by atoms with Gasteiger partial charge in [0.15, 0.2) is 11.6 Å². The third-order valence-corrected chi connectivity index (χ3v) is 6.14. The van der Waals surface area contributed by atoms with Gasteiger partial charge in [0.25, 0.3) is 0 Å². The number of carbonyl (C=O) groups excluding carboxylic acids is 2. The number of Topliss-reactive ketones (excluding diaryl/α,β-unsaturated/α-hetero) is 2. The summed E-state index contributed by atoms with van der Waals surface area (Å²) in [5.41, 5.74) is 3.82. The van der Waals surface area contributed by atoms with Gasteiger partial charge in [0.2, 0.25) is 0 Å². The lowest BCUT2D eigenvalue weighted by atomic mass is 9.86. The van der Waals surface area contributed by atoms with Crippen LogP contribution >= 0.6 is 11.6 Å². The number of fused-ring (bicyclic) bond motifs is 1. The average Bonchev–Trinajstić information content (AvgIpc) is 3.09. The molecule has 1 aliphatic heterocycles. The predicted molar refractivity (Wildman–Crippen MR) is 105 cm³/mol. The first-order chi connectivity index (χ1) is 12.9. The quantitative estimate of drug-likeness (QED) is 0.750. The summed E-state index contributed by atoms with van der Waals surface area (Å²) in [6.07, 6.45) is 0.102. The van der Waals surface area contributed by atoms with E-state index in [0.717, 1.165) is 28.7 Å². The molecule has 1 saturated heterocycles. The number of rotatable bonds is 3. The number of carbonyl (C=O) groups is 2. The Bertz CT molecular complexity index is 908. The lowest BCUT2D eigenvalue weighted by molar-refractivity contribution is -0.160. The summed E-state index contributed by atoms with van der Waals surface area (Å²) in [4.78, 5) is 31.9. The molecule has 0 bridgehead atoms. The number of ketones is 2. The van der Waals surface area contributed by atoms with E-state index >= 15 is 0 Å². The topological polar surface area (TPSA) is 46.6 Å². The average molecular weight is 384 g/mol. The molecule has 1 heterocycles. The van der Waals surface area contributed by atoms with Crippen LogP contribution in [0.4, 0.5) is 0 Å². The molecule has 27 heavy (non-hydrogen) atoms. The molecule has 0 N–H and O–H groups in total. The molecule has 2 aliphatic rings. The monoisotopic (exact) mass is 383 g/mol. The van der Waals surface area contributed by atoms with Crippen molar-refractivity contribution in [3.63, 3.8) is 0 Å². The molecule has 0 aromatic heterocycles. The summed E-state index contributed by atoms with van der Waals surface area (Å²) in [6, 6.07) is 13.5. The highest BCUT2D eigenvalue weighted by molar-refractivity contribution is 6.30. The first-order valence-corrected chi connectivity index (χ1v) is 9.66. The van der Waals surface area contributed by atoms with Crippen LogP contribution in [0, 0.1) is 5.92 Å². The summed E-state index contributed by atoms with van der Waals surface area (Å²) in [5.74, 6) is -1.27. The van der Waals surface area contributed by atoms with E-state index in [1.165, 1.54) is 0 Å². The van der Waals surface area contributed by atoms with Crippen molar-refractivity contribution in [3.05, 3.63) is 58.6 Å². The van der Waals surface area contributed by atoms with Crippen molar-refractivity contribution in [2.75, 3.05) is 7.05 Å². The minimum absolute atomic E-state index is 0.0233. The van der Waals surface area contributed by atoms with E-state index in [4.69, 9.17) is 16.4 Å². The van der Waals surface area contributed by atoms with Gasteiger partial charge < -0.3 is 0 Å². The Hall–Kier alpha value is -2.01. The molecule has 2 fully saturated rings. The van der Waals surface area contributed by atoms with Gasteiger partial charge >= 0.3 is 0 Å². The number of benzene rings is 2. The Morgan fingerprint density at radius 2 is 1.70 bits per heavy atom. The van der Waals surface area contributed by atoms with Gasteiger partial charge in [-0.15, -0.1) is 0 Å². The Morgan fingerprint density at radius 3 is 2.33 bits per heavy atom. The fraction of sp³-hybridized carbons (Fsp3) is 0.364. The Kier molecular flexibility index (Phi) is 4.66. The largest absolute Gasteiger partial charge is 0.298 e. The number of aryl methyl sites for hydroxylation is 1. The van der Waals surface area contributed by atoms with Gasteiger partial charge in [0, 0.05) is 18.1 Å². The summed E-state index contributed by atoms with van der Waals surface area (Å²) >= 11 is 5.99. The van der Waals surface area contributed by atoms with E-state index in [2.05, 4.69) is 0 Å². The number of hydrogen-bond donors (Lipinski definition) is 0. The minimum Gasteiger partial charge on any atom is -0.298 e. The highest BCUT2D eigenvalue weighted by Crippen LogP contribution is 2.43. The lowest BCUT2D eigenvalue weighted by Crippen LogP contribution is -2.31. The second-order valence-electron chi connectivity index (χ2n) is 7.35. The van der Waals surface area contributed by atoms with Crippen molar-refractivity contribution < 1.29 is 14.4 Å². The first kappa shape index (κ1) is 18.4. The summed E-state index contributed by atoms with van der Waals surface area (Å²) < 4.78 is 0. The molecule has 0 radical (unpaired) electrons. The van der Waals surface area contributed by atoms with Gasteiger partial charge in [0.05, 0.1) is 5.92 Å². The third kappa shape index (κ3) is 2.92.